The largest absolute Gasteiger partial charge is 0.312 e. The minimum atomic E-state index is -3.50. The van der Waals surface area contributed by atoms with E-state index in [1.165, 1.54) is 6.92 Å². The molecule has 0 radical (unpaired) electrons. The Morgan fingerprint density at radius 3 is 2.71 bits per heavy atom. The smallest absolute Gasteiger partial charge is 0.240 e. The van der Waals surface area contributed by atoms with Crippen LogP contribution in [-0.4, -0.2) is 27.4 Å². The summed E-state index contributed by atoms with van der Waals surface area (Å²) in [7, 11) is -3.50. The zero-order valence-electron chi connectivity index (χ0n) is 14.8. The van der Waals surface area contributed by atoms with E-state index >= 15 is 0 Å². The summed E-state index contributed by atoms with van der Waals surface area (Å²) in [6.07, 6.45) is 4.97. The molecule has 0 saturated heterocycles. The van der Waals surface area contributed by atoms with Gasteiger partial charge in [-0.2, -0.15) is 0 Å². The number of anilines is 1. The van der Waals surface area contributed by atoms with E-state index in [2.05, 4.69) is 18.6 Å². The van der Waals surface area contributed by atoms with E-state index in [0.717, 1.165) is 36.9 Å². The van der Waals surface area contributed by atoms with E-state index in [1.807, 2.05) is 0 Å². The van der Waals surface area contributed by atoms with Gasteiger partial charge in [0.05, 0.1) is 4.90 Å². The molecule has 2 rings (SSSR count). The SMILES string of the molecule is CCCCC(CC)CNS(=O)(=O)c1ccc2c(c1)CCN2C(C)=O. The van der Waals surface area contributed by atoms with E-state index in [1.54, 1.807) is 23.1 Å². The summed E-state index contributed by atoms with van der Waals surface area (Å²) >= 11 is 0. The first-order valence-electron chi connectivity index (χ1n) is 8.79. The van der Waals surface area contributed by atoms with Crippen LogP contribution in [0.25, 0.3) is 0 Å². The van der Waals surface area contributed by atoms with E-state index in [0.29, 0.717) is 25.4 Å². The minimum Gasteiger partial charge on any atom is -0.312 e. The third kappa shape index (κ3) is 4.36. The Morgan fingerprint density at radius 2 is 2.08 bits per heavy atom. The first-order valence-corrected chi connectivity index (χ1v) is 10.3. The van der Waals surface area contributed by atoms with Gasteiger partial charge in [0.25, 0.3) is 0 Å². The van der Waals surface area contributed by atoms with Gasteiger partial charge < -0.3 is 4.90 Å². The van der Waals surface area contributed by atoms with Crippen molar-refractivity contribution in [3.05, 3.63) is 23.8 Å². The molecule has 0 fully saturated rings. The number of nitrogens with zero attached hydrogens (tertiary/aromatic N) is 1. The van der Waals surface area contributed by atoms with Gasteiger partial charge in [-0.25, -0.2) is 13.1 Å². The maximum atomic E-state index is 12.5. The molecule has 1 aromatic rings. The van der Waals surface area contributed by atoms with Gasteiger partial charge in [0.2, 0.25) is 15.9 Å². The maximum Gasteiger partial charge on any atom is 0.240 e. The highest BCUT2D eigenvalue weighted by Crippen LogP contribution is 2.30. The molecular formula is C18H28N2O3S. The Labute approximate surface area is 145 Å². The molecule has 1 heterocycles. The molecule has 0 aliphatic carbocycles. The topological polar surface area (TPSA) is 66.5 Å². The Balaban J connectivity index is 2.09. The van der Waals surface area contributed by atoms with E-state index < -0.39 is 10.0 Å². The summed E-state index contributed by atoms with van der Waals surface area (Å²) < 4.78 is 27.9. The third-order valence-electron chi connectivity index (χ3n) is 4.74. The van der Waals surface area contributed by atoms with Gasteiger partial charge in [-0.3, -0.25) is 4.79 Å². The van der Waals surface area contributed by atoms with E-state index in [4.69, 9.17) is 0 Å². The first kappa shape index (κ1) is 18.9. The van der Waals surface area contributed by atoms with Gasteiger partial charge >= 0.3 is 0 Å². The molecule has 0 spiro atoms. The summed E-state index contributed by atoms with van der Waals surface area (Å²) in [5, 5.41) is 0. The molecule has 1 aliphatic heterocycles. The lowest BCUT2D eigenvalue weighted by atomic mass is 10.00. The summed E-state index contributed by atoms with van der Waals surface area (Å²) in [4.78, 5) is 13.6. The summed E-state index contributed by atoms with van der Waals surface area (Å²) in [5.74, 6) is 0.367. The Morgan fingerprint density at radius 1 is 1.33 bits per heavy atom. The Hall–Kier alpha value is -1.40. The molecule has 0 aromatic heterocycles. The molecule has 0 saturated carbocycles. The molecule has 5 nitrogen and oxygen atoms in total. The zero-order valence-corrected chi connectivity index (χ0v) is 15.7. The lowest BCUT2D eigenvalue weighted by Gasteiger charge is -2.17. The molecule has 0 bridgehead atoms. The zero-order chi connectivity index (χ0) is 17.7. The number of benzene rings is 1. The van der Waals surface area contributed by atoms with Crippen molar-refractivity contribution >= 4 is 21.6 Å². The van der Waals surface area contributed by atoms with Crippen LogP contribution in [0.3, 0.4) is 0 Å². The molecule has 1 amide bonds. The monoisotopic (exact) mass is 352 g/mol. The summed E-state index contributed by atoms with van der Waals surface area (Å²) in [6, 6.07) is 5.04. The molecule has 24 heavy (non-hydrogen) atoms. The Bertz CT molecular complexity index is 686. The van der Waals surface area contributed by atoms with Crippen LogP contribution in [0, 0.1) is 5.92 Å². The second-order valence-electron chi connectivity index (χ2n) is 6.48. The third-order valence-corrected chi connectivity index (χ3v) is 6.16. The number of unbranched alkanes of at least 4 members (excludes halogenated alkanes) is 1. The minimum absolute atomic E-state index is 0.0100. The van der Waals surface area contributed by atoms with Crippen LogP contribution in [0.4, 0.5) is 5.69 Å². The van der Waals surface area contributed by atoms with Crippen LogP contribution in [0.1, 0.15) is 52.0 Å². The normalized spacial score (nSPS) is 15.4. The fraction of sp³-hybridized carbons (Fsp3) is 0.611. The molecule has 6 heteroatoms. The van der Waals surface area contributed by atoms with Crippen molar-refractivity contribution in [2.75, 3.05) is 18.0 Å². The van der Waals surface area contributed by atoms with Crippen LogP contribution < -0.4 is 9.62 Å². The van der Waals surface area contributed by atoms with Crippen LogP contribution in [0.15, 0.2) is 23.1 Å². The van der Waals surface area contributed by atoms with Crippen molar-refractivity contribution in [3.8, 4) is 0 Å². The number of amides is 1. The highest BCUT2D eigenvalue weighted by Gasteiger charge is 2.25. The maximum absolute atomic E-state index is 12.5. The van der Waals surface area contributed by atoms with Crippen molar-refractivity contribution in [1.82, 2.24) is 4.72 Å². The number of fused-ring (bicyclic) bond motifs is 1. The summed E-state index contributed by atoms with van der Waals surface area (Å²) in [5.41, 5.74) is 1.75. The number of hydrogen-bond acceptors (Lipinski definition) is 3. The van der Waals surface area contributed by atoms with Gasteiger partial charge in [-0.05, 0) is 42.5 Å². The quantitative estimate of drug-likeness (QED) is 0.782. The van der Waals surface area contributed by atoms with E-state index in [9.17, 15) is 13.2 Å². The fourth-order valence-corrected chi connectivity index (χ4v) is 4.29. The number of carbonyl (C=O) groups excluding carboxylic acids is 1. The van der Waals surface area contributed by atoms with Gasteiger partial charge in [0.1, 0.15) is 0 Å². The molecular weight excluding hydrogens is 324 g/mol. The van der Waals surface area contributed by atoms with Crippen LogP contribution in [0.5, 0.6) is 0 Å². The molecule has 1 aliphatic rings. The molecule has 1 aromatic carbocycles. The second kappa shape index (κ2) is 8.12. The van der Waals surface area contributed by atoms with Gasteiger partial charge in [0, 0.05) is 25.7 Å². The Kier molecular flexibility index (Phi) is 6.40. The summed E-state index contributed by atoms with van der Waals surface area (Å²) in [6.45, 7) is 6.88. The van der Waals surface area contributed by atoms with E-state index in [-0.39, 0.29) is 10.8 Å². The number of rotatable bonds is 8. The molecule has 1 atom stereocenters. The predicted octanol–water partition coefficient (Wildman–Crippen LogP) is 3.09. The van der Waals surface area contributed by atoms with Crippen molar-refractivity contribution < 1.29 is 13.2 Å². The van der Waals surface area contributed by atoms with Crippen molar-refractivity contribution in [3.63, 3.8) is 0 Å². The molecule has 1 N–H and O–H groups in total. The number of carbonyl (C=O) groups is 1. The van der Waals surface area contributed by atoms with Gasteiger partial charge in [-0.1, -0.05) is 33.1 Å². The fourth-order valence-electron chi connectivity index (χ4n) is 3.13. The van der Waals surface area contributed by atoms with Crippen molar-refractivity contribution in [1.29, 1.82) is 0 Å². The first-order chi connectivity index (χ1) is 11.4. The highest BCUT2D eigenvalue weighted by atomic mass is 32.2. The highest BCUT2D eigenvalue weighted by molar-refractivity contribution is 7.89. The van der Waals surface area contributed by atoms with Crippen molar-refractivity contribution in [2.45, 2.75) is 57.8 Å². The number of nitrogens with one attached hydrogen (secondary N) is 1. The lowest BCUT2D eigenvalue weighted by Crippen LogP contribution is -2.29. The van der Waals surface area contributed by atoms with Crippen molar-refractivity contribution in [2.24, 2.45) is 5.92 Å². The number of sulfonamides is 1. The van der Waals surface area contributed by atoms with Crippen LogP contribution in [0.2, 0.25) is 0 Å². The second-order valence-corrected chi connectivity index (χ2v) is 8.25. The standard InChI is InChI=1S/C18H28N2O3S/c1-4-6-7-15(5-2)13-19-24(22,23)17-8-9-18-16(12-17)10-11-20(18)14(3)21/h8-9,12,15,19H,4-7,10-11,13H2,1-3H3. The lowest BCUT2D eigenvalue weighted by molar-refractivity contribution is -0.116. The molecule has 134 valence electrons. The molecule has 1 unspecified atom stereocenters. The predicted molar refractivity (Wildman–Crippen MR) is 96.7 cm³/mol. The van der Waals surface area contributed by atoms with Crippen LogP contribution in [-0.2, 0) is 21.2 Å². The average molecular weight is 353 g/mol. The van der Waals surface area contributed by atoms with Gasteiger partial charge in [-0.15, -0.1) is 0 Å². The van der Waals surface area contributed by atoms with Crippen LogP contribution >= 0.6 is 0 Å². The van der Waals surface area contributed by atoms with Gasteiger partial charge in [0.15, 0.2) is 0 Å². The average Bonchev–Trinajstić information content (AvgIpc) is 2.98. The number of hydrogen-bond donors (Lipinski definition) is 1.